The quantitative estimate of drug-likeness (QED) is 0.769. The lowest BCUT2D eigenvalue weighted by molar-refractivity contribution is -0.118. The third kappa shape index (κ3) is 3.89. The van der Waals surface area contributed by atoms with Crippen molar-refractivity contribution >= 4 is 39.5 Å². The van der Waals surface area contributed by atoms with Crippen molar-refractivity contribution in [2.75, 3.05) is 22.9 Å². The number of amides is 1. The molecular formula is C21H25ClN2O3S. The Morgan fingerprint density at radius 2 is 1.82 bits per heavy atom. The van der Waals surface area contributed by atoms with Crippen LogP contribution in [0.4, 0.5) is 11.4 Å². The van der Waals surface area contributed by atoms with Gasteiger partial charge in [-0.05, 0) is 73.1 Å². The van der Waals surface area contributed by atoms with E-state index in [2.05, 4.69) is 0 Å². The van der Waals surface area contributed by atoms with Crippen LogP contribution in [0.1, 0.15) is 36.0 Å². The number of anilines is 2. The molecule has 7 heteroatoms. The number of hydrogen-bond donors (Lipinski definition) is 1. The molecule has 0 saturated carbocycles. The van der Waals surface area contributed by atoms with Gasteiger partial charge in [0.15, 0.2) is 9.84 Å². The van der Waals surface area contributed by atoms with Crippen LogP contribution >= 0.6 is 12.4 Å². The molecule has 2 aliphatic rings. The summed E-state index contributed by atoms with van der Waals surface area (Å²) in [5, 5.41) is 0. The lowest BCUT2D eigenvalue weighted by Gasteiger charge is -2.30. The van der Waals surface area contributed by atoms with Gasteiger partial charge in [-0.1, -0.05) is 12.1 Å². The van der Waals surface area contributed by atoms with E-state index in [1.165, 1.54) is 5.56 Å². The summed E-state index contributed by atoms with van der Waals surface area (Å²) in [6, 6.07) is 10.9. The maximum absolute atomic E-state index is 12.8. The van der Waals surface area contributed by atoms with Crippen molar-refractivity contribution in [3.8, 4) is 0 Å². The van der Waals surface area contributed by atoms with E-state index in [-0.39, 0.29) is 30.5 Å². The number of nitrogens with zero attached hydrogens (tertiary/aromatic N) is 1. The molecule has 0 bridgehead atoms. The molecule has 1 aliphatic heterocycles. The van der Waals surface area contributed by atoms with Gasteiger partial charge in [-0.3, -0.25) is 4.79 Å². The topological polar surface area (TPSA) is 80.5 Å². The number of nitrogen functional groups attached to an aromatic ring is 1. The Balaban J connectivity index is 0.00000225. The fourth-order valence-corrected chi connectivity index (χ4v) is 5.40. The van der Waals surface area contributed by atoms with Gasteiger partial charge in [0.1, 0.15) is 0 Å². The minimum Gasteiger partial charge on any atom is -0.398 e. The van der Waals surface area contributed by atoms with Gasteiger partial charge in [-0.2, -0.15) is 0 Å². The minimum absolute atomic E-state index is 0. The maximum atomic E-state index is 12.8. The van der Waals surface area contributed by atoms with Gasteiger partial charge < -0.3 is 10.6 Å². The fourth-order valence-electron chi connectivity index (χ4n) is 4.13. The van der Waals surface area contributed by atoms with Crippen molar-refractivity contribution in [3.63, 3.8) is 0 Å². The molecule has 1 amide bonds. The van der Waals surface area contributed by atoms with Crippen molar-refractivity contribution in [2.24, 2.45) is 0 Å². The summed E-state index contributed by atoms with van der Waals surface area (Å²) in [7, 11) is -3.47. The Kier molecular flexibility index (Phi) is 6.01. The minimum atomic E-state index is -3.47. The number of fused-ring (bicyclic) bond motifs is 2. The van der Waals surface area contributed by atoms with Crippen LogP contribution < -0.4 is 10.6 Å². The highest BCUT2D eigenvalue weighted by atomic mass is 35.5. The molecule has 1 heterocycles. The van der Waals surface area contributed by atoms with Crippen molar-refractivity contribution in [2.45, 2.75) is 43.4 Å². The highest BCUT2D eigenvalue weighted by Gasteiger charge is 2.26. The zero-order valence-electron chi connectivity index (χ0n) is 15.7. The monoisotopic (exact) mass is 420 g/mol. The van der Waals surface area contributed by atoms with Crippen LogP contribution in [0, 0.1) is 0 Å². The molecule has 0 fully saturated rings. The largest absolute Gasteiger partial charge is 0.398 e. The summed E-state index contributed by atoms with van der Waals surface area (Å²) < 4.78 is 25.5. The molecule has 2 N–H and O–H groups in total. The molecule has 5 nitrogen and oxygen atoms in total. The molecule has 2 aromatic carbocycles. The van der Waals surface area contributed by atoms with Crippen molar-refractivity contribution in [1.82, 2.24) is 0 Å². The zero-order chi connectivity index (χ0) is 19.0. The molecule has 0 saturated heterocycles. The van der Waals surface area contributed by atoms with Crippen LogP contribution in [-0.2, 0) is 33.9 Å². The highest BCUT2D eigenvalue weighted by molar-refractivity contribution is 7.91. The summed E-state index contributed by atoms with van der Waals surface area (Å²) in [6.07, 6.45) is 4.70. The van der Waals surface area contributed by atoms with Crippen LogP contribution in [0.15, 0.2) is 41.3 Å². The molecule has 0 aromatic heterocycles. The van der Waals surface area contributed by atoms with Gasteiger partial charge in [-0.15, -0.1) is 12.4 Å². The number of nitrogens with two attached hydrogens (primary N) is 1. The summed E-state index contributed by atoms with van der Waals surface area (Å²) in [4.78, 5) is 14.8. The number of sulfone groups is 1. The first-order valence-corrected chi connectivity index (χ1v) is 11.1. The van der Waals surface area contributed by atoms with E-state index in [9.17, 15) is 13.2 Å². The number of carbonyl (C=O) groups excluding carboxylic acids is 1. The Morgan fingerprint density at radius 3 is 2.64 bits per heavy atom. The third-order valence-corrected chi connectivity index (χ3v) is 7.32. The molecule has 4 rings (SSSR count). The Bertz CT molecular complexity index is 1000. The Hall–Kier alpha value is -2.05. The highest BCUT2D eigenvalue weighted by Crippen LogP contribution is 2.32. The fraction of sp³-hybridized carbons (Fsp3) is 0.381. The number of carbonyl (C=O) groups is 1. The number of hydrogen-bond acceptors (Lipinski definition) is 4. The molecule has 2 aromatic rings. The van der Waals surface area contributed by atoms with Crippen LogP contribution in [-0.4, -0.2) is 26.6 Å². The van der Waals surface area contributed by atoms with Crippen molar-refractivity contribution < 1.29 is 13.2 Å². The predicted octanol–water partition coefficient (Wildman–Crippen LogP) is 3.32. The van der Waals surface area contributed by atoms with Gasteiger partial charge in [-0.25, -0.2) is 8.42 Å². The summed E-state index contributed by atoms with van der Waals surface area (Å²) in [5.41, 5.74) is 10.9. The van der Waals surface area contributed by atoms with E-state index in [1.54, 1.807) is 17.0 Å². The Labute approximate surface area is 172 Å². The van der Waals surface area contributed by atoms with Crippen molar-refractivity contribution in [1.29, 1.82) is 0 Å². The SMILES string of the molecule is Cl.Nc1cccc2c1CCCN2C(=O)CCS(=O)(=O)c1ccc2c(c1)CCC2. The van der Waals surface area contributed by atoms with Gasteiger partial charge in [0.05, 0.1) is 10.6 Å². The molecule has 0 unspecified atom stereocenters. The second-order valence-corrected chi connectivity index (χ2v) is 9.46. The lowest BCUT2D eigenvalue weighted by Crippen LogP contribution is -2.36. The standard InChI is InChI=1S/C21H24N2O3S.ClH/c22-19-7-2-8-20-18(19)6-3-12-23(20)21(24)11-13-27(25,26)17-10-9-15-4-1-5-16(15)14-17;/h2,7-10,14H,1,3-6,11-13,22H2;1H. The molecule has 0 spiro atoms. The number of rotatable bonds is 4. The van der Waals surface area contributed by atoms with E-state index >= 15 is 0 Å². The number of halogens is 1. The molecule has 150 valence electrons. The predicted molar refractivity (Wildman–Crippen MR) is 114 cm³/mol. The van der Waals surface area contributed by atoms with E-state index < -0.39 is 9.84 Å². The summed E-state index contributed by atoms with van der Waals surface area (Å²) in [6.45, 7) is 0.605. The van der Waals surface area contributed by atoms with Crippen LogP contribution in [0.25, 0.3) is 0 Å². The second kappa shape index (κ2) is 8.13. The van der Waals surface area contributed by atoms with E-state index in [0.29, 0.717) is 17.1 Å². The molecule has 1 aliphatic carbocycles. The normalized spacial score (nSPS) is 15.5. The second-order valence-electron chi connectivity index (χ2n) is 7.35. The first-order chi connectivity index (χ1) is 13.0. The van der Waals surface area contributed by atoms with Crippen molar-refractivity contribution in [3.05, 3.63) is 53.1 Å². The smallest absolute Gasteiger partial charge is 0.228 e. The van der Waals surface area contributed by atoms with Gasteiger partial charge >= 0.3 is 0 Å². The summed E-state index contributed by atoms with van der Waals surface area (Å²) in [5.74, 6) is -0.329. The van der Waals surface area contributed by atoms with Gasteiger partial charge in [0.2, 0.25) is 5.91 Å². The van der Waals surface area contributed by atoms with E-state index in [4.69, 9.17) is 5.73 Å². The average molecular weight is 421 g/mol. The lowest BCUT2D eigenvalue weighted by atomic mass is 9.99. The molecular weight excluding hydrogens is 396 g/mol. The first kappa shape index (κ1) is 20.7. The Morgan fingerprint density at radius 1 is 1.04 bits per heavy atom. The first-order valence-electron chi connectivity index (χ1n) is 9.48. The molecule has 28 heavy (non-hydrogen) atoms. The van der Waals surface area contributed by atoms with E-state index in [1.807, 2.05) is 24.3 Å². The average Bonchev–Trinajstić information content (AvgIpc) is 3.14. The summed E-state index contributed by atoms with van der Waals surface area (Å²) >= 11 is 0. The maximum Gasteiger partial charge on any atom is 0.228 e. The molecule has 0 radical (unpaired) electrons. The third-order valence-electron chi connectivity index (χ3n) is 5.60. The zero-order valence-corrected chi connectivity index (χ0v) is 17.3. The van der Waals surface area contributed by atoms with Gasteiger partial charge in [0, 0.05) is 24.3 Å². The number of aryl methyl sites for hydroxylation is 2. The van der Waals surface area contributed by atoms with Crippen LogP contribution in [0.3, 0.4) is 0 Å². The van der Waals surface area contributed by atoms with Gasteiger partial charge in [0.25, 0.3) is 0 Å². The van der Waals surface area contributed by atoms with E-state index in [0.717, 1.165) is 48.9 Å². The van der Waals surface area contributed by atoms with Crippen LogP contribution in [0.2, 0.25) is 0 Å². The van der Waals surface area contributed by atoms with Crippen LogP contribution in [0.5, 0.6) is 0 Å². The molecule has 0 atom stereocenters. The number of benzene rings is 2.